The van der Waals surface area contributed by atoms with Gasteiger partial charge in [0, 0.05) is 16.6 Å². The highest BCUT2D eigenvalue weighted by Gasteiger charge is 2.18. The summed E-state index contributed by atoms with van der Waals surface area (Å²) in [5.74, 6) is 0.394. The summed E-state index contributed by atoms with van der Waals surface area (Å²) in [6.45, 7) is 4.26. The summed E-state index contributed by atoms with van der Waals surface area (Å²) in [4.78, 5) is 11.5. The first-order valence-corrected chi connectivity index (χ1v) is 7.21. The topological polar surface area (TPSA) is 81.2 Å². The highest BCUT2D eigenvalue weighted by Crippen LogP contribution is 2.32. The van der Waals surface area contributed by atoms with Crippen molar-refractivity contribution in [3.8, 4) is 0 Å². The molecule has 0 amide bonds. The molecule has 6 heteroatoms. The van der Waals surface area contributed by atoms with E-state index in [1.807, 2.05) is 11.4 Å². The predicted molar refractivity (Wildman–Crippen MR) is 83.0 cm³/mol. The van der Waals surface area contributed by atoms with Crippen molar-refractivity contribution in [3.63, 3.8) is 0 Å². The summed E-state index contributed by atoms with van der Waals surface area (Å²) < 4.78 is 0. The van der Waals surface area contributed by atoms with Crippen LogP contribution in [-0.2, 0) is 0 Å². The van der Waals surface area contributed by atoms with E-state index in [2.05, 4.69) is 25.2 Å². The molecule has 3 N–H and O–H groups in total. The molecule has 1 heterocycles. The molecule has 106 valence electrons. The molecule has 1 atom stereocenters. The molecule has 1 unspecified atom stereocenters. The zero-order valence-electron chi connectivity index (χ0n) is 11.4. The average Bonchev–Trinajstić information content (AvgIpc) is 2.88. The Morgan fingerprint density at radius 3 is 2.60 bits per heavy atom. The lowest BCUT2D eigenvalue weighted by Gasteiger charge is -2.22. The lowest BCUT2D eigenvalue weighted by Crippen LogP contribution is -2.15. The minimum absolute atomic E-state index is 0.0622. The number of rotatable bonds is 5. The Hall–Kier alpha value is -2.08. The van der Waals surface area contributed by atoms with Crippen LogP contribution >= 0.6 is 11.3 Å². The maximum absolute atomic E-state index is 10.8. The standard InChI is InChI=1S/C14H17N3O2S/c1-9(2)14(13-4-3-7-20-13)16-10-5-6-12(17(18)19)11(15)8-10/h3-9,14,16H,15H2,1-2H3. The largest absolute Gasteiger partial charge is 0.393 e. The Morgan fingerprint density at radius 1 is 1.35 bits per heavy atom. The molecule has 2 rings (SSSR count). The maximum atomic E-state index is 10.8. The molecule has 20 heavy (non-hydrogen) atoms. The van der Waals surface area contributed by atoms with Crippen LogP contribution in [0.2, 0.25) is 0 Å². The van der Waals surface area contributed by atoms with Crippen LogP contribution in [0.15, 0.2) is 35.7 Å². The van der Waals surface area contributed by atoms with Gasteiger partial charge in [0.05, 0.1) is 11.0 Å². The van der Waals surface area contributed by atoms with E-state index in [9.17, 15) is 10.1 Å². The normalized spacial score (nSPS) is 12.3. The number of anilines is 2. The zero-order valence-corrected chi connectivity index (χ0v) is 12.2. The fraction of sp³-hybridized carbons (Fsp3) is 0.286. The van der Waals surface area contributed by atoms with Crippen LogP contribution < -0.4 is 11.1 Å². The highest BCUT2D eigenvalue weighted by molar-refractivity contribution is 7.10. The molecule has 0 aliphatic heterocycles. The molecule has 5 nitrogen and oxygen atoms in total. The molecule has 1 aromatic carbocycles. The van der Waals surface area contributed by atoms with E-state index in [1.165, 1.54) is 10.9 Å². The van der Waals surface area contributed by atoms with Crippen molar-refractivity contribution in [2.75, 3.05) is 11.1 Å². The molecule has 0 radical (unpaired) electrons. The van der Waals surface area contributed by atoms with Crippen molar-refractivity contribution >= 4 is 28.4 Å². The average molecular weight is 291 g/mol. The van der Waals surface area contributed by atoms with Crippen molar-refractivity contribution in [2.24, 2.45) is 5.92 Å². The number of benzene rings is 1. The molecule has 1 aromatic heterocycles. The number of nitrogens with two attached hydrogens (primary N) is 1. The summed E-state index contributed by atoms with van der Waals surface area (Å²) in [6.07, 6.45) is 0. The first kappa shape index (κ1) is 14.3. The van der Waals surface area contributed by atoms with Crippen molar-refractivity contribution in [3.05, 3.63) is 50.7 Å². The third-order valence-electron chi connectivity index (χ3n) is 3.06. The molecule has 0 bridgehead atoms. The molecule has 0 saturated carbocycles. The summed E-state index contributed by atoms with van der Waals surface area (Å²) in [7, 11) is 0. The zero-order chi connectivity index (χ0) is 14.7. The van der Waals surface area contributed by atoms with Gasteiger partial charge < -0.3 is 11.1 Å². The van der Waals surface area contributed by atoms with E-state index >= 15 is 0 Å². The van der Waals surface area contributed by atoms with Crippen LogP contribution in [0.1, 0.15) is 24.8 Å². The quantitative estimate of drug-likeness (QED) is 0.494. The third-order valence-corrected chi connectivity index (χ3v) is 4.02. The van der Waals surface area contributed by atoms with E-state index in [-0.39, 0.29) is 17.4 Å². The van der Waals surface area contributed by atoms with Gasteiger partial charge in [-0.2, -0.15) is 0 Å². The van der Waals surface area contributed by atoms with Gasteiger partial charge in [0.25, 0.3) is 5.69 Å². The second-order valence-corrected chi connectivity index (χ2v) is 5.89. The van der Waals surface area contributed by atoms with Crippen LogP contribution in [0.4, 0.5) is 17.1 Å². The minimum atomic E-state index is -0.474. The van der Waals surface area contributed by atoms with Gasteiger partial charge in [-0.1, -0.05) is 19.9 Å². The van der Waals surface area contributed by atoms with E-state index in [0.717, 1.165) is 5.69 Å². The summed E-state index contributed by atoms with van der Waals surface area (Å²) in [6, 6.07) is 9.00. The first-order chi connectivity index (χ1) is 9.49. The number of hydrogen-bond acceptors (Lipinski definition) is 5. The van der Waals surface area contributed by atoms with Gasteiger partial charge in [-0.15, -0.1) is 11.3 Å². The lowest BCUT2D eigenvalue weighted by molar-refractivity contribution is -0.383. The predicted octanol–water partition coefficient (Wildman–Crippen LogP) is 4.05. The van der Waals surface area contributed by atoms with E-state index in [0.29, 0.717) is 5.92 Å². The number of hydrogen-bond donors (Lipinski definition) is 2. The van der Waals surface area contributed by atoms with Crippen LogP contribution in [0.3, 0.4) is 0 Å². The van der Waals surface area contributed by atoms with E-state index in [1.54, 1.807) is 23.5 Å². The van der Waals surface area contributed by atoms with Crippen molar-refractivity contribution in [2.45, 2.75) is 19.9 Å². The SMILES string of the molecule is CC(C)C(Nc1ccc([N+](=O)[O-])c(N)c1)c1cccs1. The Bertz CT molecular complexity index is 596. The second kappa shape index (κ2) is 5.92. The van der Waals surface area contributed by atoms with Crippen LogP contribution in [0.25, 0.3) is 0 Å². The maximum Gasteiger partial charge on any atom is 0.292 e. The van der Waals surface area contributed by atoms with Crippen LogP contribution in [-0.4, -0.2) is 4.92 Å². The van der Waals surface area contributed by atoms with Crippen LogP contribution in [0.5, 0.6) is 0 Å². The molecule has 0 aliphatic rings. The van der Waals surface area contributed by atoms with Gasteiger partial charge in [0.15, 0.2) is 0 Å². The first-order valence-electron chi connectivity index (χ1n) is 6.33. The Balaban J connectivity index is 2.24. The molecule has 0 fully saturated rings. The second-order valence-electron chi connectivity index (χ2n) is 4.91. The Kier molecular flexibility index (Phi) is 4.24. The van der Waals surface area contributed by atoms with Crippen molar-refractivity contribution in [1.82, 2.24) is 0 Å². The molecule has 0 saturated heterocycles. The fourth-order valence-corrected chi connectivity index (χ4v) is 2.97. The van der Waals surface area contributed by atoms with Crippen molar-refractivity contribution < 1.29 is 4.92 Å². The summed E-state index contributed by atoms with van der Waals surface area (Å²) in [5.41, 5.74) is 6.62. The number of thiophene rings is 1. The highest BCUT2D eigenvalue weighted by atomic mass is 32.1. The van der Waals surface area contributed by atoms with Crippen LogP contribution in [0, 0.1) is 16.0 Å². The van der Waals surface area contributed by atoms with Gasteiger partial charge >= 0.3 is 0 Å². The Morgan fingerprint density at radius 2 is 2.10 bits per heavy atom. The minimum Gasteiger partial charge on any atom is -0.393 e. The number of nitro groups is 1. The number of nitrogen functional groups attached to an aromatic ring is 1. The van der Waals surface area contributed by atoms with E-state index in [4.69, 9.17) is 5.73 Å². The summed E-state index contributed by atoms with van der Waals surface area (Å²) >= 11 is 1.69. The molecular weight excluding hydrogens is 274 g/mol. The smallest absolute Gasteiger partial charge is 0.292 e. The van der Waals surface area contributed by atoms with Gasteiger partial charge in [-0.3, -0.25) is 10.1 Å². The lowest BCUT2D eigenvalue weighted by atomic mass is 10.0. The third kappa shape index (κ3) is 3.08. The number of nitro benzene ring substituents is 1. The van der Waals surface area contributed by atoms with Gasteiger partial charge in [0.1, 0.15) is 5.69 Å². The van der Waals surface area contributed by atoms with Gasteiger partial charge in [-0.05, 0) is 29.5 Å². The molecule has 0 spiro atoms. The number of nitrogens with one attached hydrogen (secondary N) is 1. The Labute approximate surface area is 121 Å². The fourth-order valence-electron chi connectivity index (χ4n) is 2.02. The van der Waals surface area contributed by atoms with Gasteiger partial charge in [-0.25, -0.2) is 0 Å². The van der Waals surface area contributed by atoms with E-state index < -0.39 is 4.92 Å². The monoisotopic (exact) mass is 291 g/mol. The number of nitrogens with zero attached hydrogens (tertiary/aromatic N) is 1. The van der Waals surface area contributed by atoms with Crippen molar-refractivity contribution in [1.29, 1.82) is 0 Å². The van der Waals surface area contributed by atoms with Gasteiger partial charge in [0.2, 0.25) is 0 Å². The molecule has 2 aromatic rings. The summed E-state index contributed by atoms with van der Waals surface area (Å²) in [5, 5.41) is 16.2. The molecular formula is C14H17N3O2S. The molecule has 0 aliphatic carbocycles.